The monoisotopic (exact) mass is 351 g/mol. The van der Waals surface area contributed by atoms with E-state index in [1.54, 1.807) is 20.8 Å². The van der Waals surface area contributed by atoms with E-state index in [4.69, 9.17) is 10.5 Å². The second-order valence-electron chi connectivity index (χ2n) is 5.97. The molecule has 0 aromatic heterocycles. The third kappa shape index (κ3) is 5.48. The van der Waals surface area contributed by atoms with Crippen molar-refractivity contribution in [1.82, 2.24) is 0 Å². The van der Waals surface area contributed by atoms with Crippen LogP contribution in [0.15, 0.2) is 6.07 Å². The average molecular weight is 351 g/mol. The van der Waals surface area contributed by atoms with E-state index >= 15 is 0 Å². The predicted molar refractivity (Wildman–Crippen MR) is 75.2 cm³/mol. The number of ketones is 1. The first-order valence-electron chi connectivity index (χ1n) is 6.88. The summed E-state index contributed by atoms with van der Waals surface area (Å²) in [7, 11) is 0. The molecule has 24 heavy (non-hydrogen) atoms. The lowest BCUT2D eigenvalue weighted by atomic mass is 10.1. The first kappa shape index (κ1) is 19.9. The fourth-order valence-electron chi connectivity index (χ4n) is 1.60. The Balaban J connectivity index is 2.66. The summed E-state index contributed by atoms with van der Waals surface area (Å²) < 4.78 is 62.1. The van der Waals surface area contributed by atoms with E-state index in [0.717, 1.165) is 0 Å². The van der Waals surface area contributed by atoms with Gasteiger partial charge in [-0.15, -0.1) is 0 Å². The fraction of sp³-hybridized carbons (Fsp3) is 0.467. The number of carbonyl (C=O) groups is 2. The second-order valence-corrected chi connectivity index (χ2v) is 5.97. The third-order valence-corrected chi connectivity index (χ3v) is 2.61. The number of halogens is 4. The second kappa shape index (κ2) is 7.61. The lowest BCUT2D eigenvalue weighted by Crippen LogP contribution is -2.39. The molecule has 0 aliphatic carbocycles. The number of ether oxygens (including phenoxy) is 2. The van der Waals surface area contributed by atoms with Crippen LogP contribution in [0.3, 0.4) is 0 Å². The molecule has 9 heteroatoms. The predicted octanol–water partition coefficient (Wildman–Crippen LogP) is 2.25. The van der Waals surface area contributed by atoms with Crippen molar-refractivity contribution < 1.29 is 36.6 Å². The minimum Gasteiger partial charge on any atom is -0.480 e. The molecule has 0 saturated carbocycles. The van der Waals surface area contributed by atoms with Crippen LogP contribution in [0.25, 0.3) is 0 Å². The maximum absolute atomic E-state index is 13.4. The summed E-state index contributed by atoms with van der Waals surface area (Å²) in [6.45, 7) is 3.89. The van der Waals surface area contributed by atoms with Crippen molar-refractivity contribution in [2.75, 3.05) is 6.61 Å². The molecule has 0 heterocycles. The van der Waals surface area contributed by atoms with E-state index in [2.05, 4.69) is 4.74 Å². The van der Waals surface area contributed by atoms with Gasteiger partial charge in [0.15, 0.2) is 23.2 Å². The van der Waals surface area contributed by atoms with Gasteiger partial charge in [-0.2, -0.15) is 8.78 Å². The zero-order valence-corrected chi connectivity index (χ0v) is 13.3. The molecule has 1 aromatic carbocycles. The number of Topliss-reactive ketones (excluding diaryl/α,β-unsaturated/α-hetero) is 1. The minimum atomic E-state index is -1.77. The van der Waals surface area contributed by atoms with Gasteiger partial charge in [-0.3, -0.25) is 9.59 Å². The van der Waals surface area contributed by atoms with Gasteiger partial charge in [-0.25, -0.2) is 8.78 Å². The van der Waals surface area contributed by atoms with Crippen LogP contribution >= 0.6 is 0 Å². The highest BCUT2D eigenvalue weighted by atomic mass is 19.2. The Labute approximate surface area is 135 Å². The number of hydrogen-bond acceptors (Lipinski definition) is 5. The van der Waals surface area contributed by atoms with E-state index in [1.807, 2.05) is 0 Å². The van der Waals surface area contributed by atoms with Crippen molar-refractivity contribution in [2.24, 2.45) is 5.73 Å². The maximum Gasteiger partial charge on any atom is 0.323 e. The Morgan fingerprint density at radius 1 is 1.12 bits per heavy atom. The highest BCUT2D eigenvalue weighted by molar-refractivity contribution is 5.87. The van der Waals surface area contributed by atoms with Crippen molar-refractivity contribution in [3.63, 3.8) is 0 Å². The van der Waals surface area contributed by atoms with Gasteiger partial charge >= 0.3 is 5.97 Å². The van der Waals surface area contributed by atoms with Gasteiger partial charge in [0.2, 0.25) is 11.6 Å². The van der Waals surface area contributed by atoms with Gasteiger partial charge in [-0.1, -0.05) is 0 Å². The van der Waals surface area contributed by atoms with Crippen LogP contribution in [-0.4, -0.2) is 30.0 Å². The molecule has 1 unspecified atom stereocenters. The van der Waals surface area contributed by atoms with Crippen molar-refractivity contribution >= 4 is 11.8 Å². The number of nitrogens with two attached hydrogens (primary N) is 1. The molecule has 1 aromatic rings. The van der Waals surface area contributed by atoms with E-state index in [9.17, 15) is 27.2 Å². The van der Waals surface area contributed by atoms with Crippen molar-refractivity contribution in [3.05, 3.63) is 29.3 Å². The Morgan fingerprint density at radius 3 is 2.08 bits per heavy atom. The van der Waals surface area contributed by atoms with Crippen LogP contribution in [0, 0.1) is 23.3 Å². The maximum atomic E-state index is 13.4. The van der Waals surface area contributed by atoms with Crippen LogP contribution in [0.2, 0.25) is 0 Å². The number of benzene rings is 1. The Hall–Kier alpha value is -2.16. The summed E-state index contributed by atoms with van der Waals surface area (Å²) in [5.41, 5.74) is 4.68. The third-order valence-electron chi connectivity index (χ3n) is 2.61. The molecule has 0 spiro atoms. The summed E-state index contributed by atoms with van der Waals surface area (Å²) >= 11 is 0. The van der Waals surface area contributed by atoms with Gasteiger partial charge in [0.25, 0.3) is 0 Å². The van der Waals surface area contributed by atoms with Gasteiger partial charge in [-0.05, 0) is 20.8 Å². The zero-order valence-electron chi connectivity index (χ0n) is 13.3. The normalized spacial score (nSPS) is 12.7. The van der Waals surface area contributed by atoms with Crippen LogP contribution in [0.1, 0.15) is 27.2 Å². The first-order chi connectivity index (χ1) is 10.9. The summed E-state index contributed by atoms with van der Waals surface area (Å²) in [4.78, 5) is 23.3. The average Bonchev–Trinajstić information content (AvgIpc) is 2.43. The van der Waals surface area contributed by atoms with Crippen LogP contribution < -0.4 is 10.5 Å². The fourth-order valence-corrected chi connectivity index (χ4v) is 1.60. The molecule has 0 bridgehead atoms. The SMILES string of the molecule is CC(C)(C)OC(=O)C(N)CC(=O)COc1c(F)c(F)cc(F)c1F. The first-order valence-corrected chi connectivity index (χ1v) is 6.88. The molecule has 2 N–H and O–H groups in total. The summed E-state index contributed by atoms with van der Waals surface area (Å²) in [5.74, 6) is -9.87. The molecule has 0 fully saturated rings. The molecular weight excluding hydrogens is 334 g/mol. The number of rotatable bonds is 6. The molecule has 1 atom stereocenters. The van der Waals surface area contributed by atoms with Gasteiger partial charge < -0.3 is 15.2 Å². The summed E-state index contributed by atoms with van der Waals surface area (Å²) in [6, 6.07) is -1.29. The molecule has 0 radical (unpaired) electrons. The standard InChI is InChI=1S/C15H17F4NO4/c1-15(2,3)24-14(22)10(20)4-7(21)6-23-13-11(18)8(16)5-9(17)12(13)19/h5,10H,4,6,20H2,1-3H3. The summed E-state index contributed by atoms with van der Waals surface area (Å²) in [5, 5.41) is 0. The molecule has 1 rings (SSSR count). The largest absolute Gasteiger partial charge is 0.480 e. The van der Waals surface area contributed by atoms with E-state index < -0.39 is 65.4 Å². The van der Waals surface area contributed by atoms with Crippen molar-refractivity contribution in [3.8, 4) is 5.75 Å². The molecule has 0 aliphatic heterocycles. The Kier molecular flexibility index (Phi) is 6.30. The molecular formula is C15H17F4NO4. The molecule has 134 valence electrons. The topological polar surface area (TPSA) is 78.6 Å². The van der Waals surface area contributed by atoms with Gasteiger partial charge in [0, 0.05) is 12.5 Å². The molecule has 0 saturated heterocycles. The van der Waals surface area contributed by atoms with Gasteiger partial charge in [0.05, 0.1) is 0 Å². The number of esters is 1. The van der Waals surface area contributed by atoms with Crippen molar-refractivity contribution in [2.45, 2.75) is 38.8 Å². The van der Waals surface area contributed by atoms with Crippen molar-refractivity contribution in [1.29, 1.82) is 0 Å². The highest BCUT2D eigenvalue weighted by Crippen LogP contribution is 2.26. The Bertz CT molecular complexity index is 617. The highest BCUT2D eigenvalue weighted by Gasteiger charge is 2.25. The lowest BCUT2D eigenvalue weighted by molar-refractivity contribution is -0.157. The van der Waals surface area contributed by atoms with Crippen LogP contribution in [0.5, 0.6) is 5.75 Å². The van der Waals surface area contributed by atoms with E-state index in [-0.39, 0.29) is 6.07 Å². The minimum absolute atomic E-state index is 0.0117. The molecule has 0 aliphatic rings. The summed E-state index contributed by atoms with van der Waals surface area (Å²) in [6.07, 6.45) is -0.532. The van der Waals surface area contributed by atoms with E-state index in [1.165, 1.54) is 0 Å². The number of hydrogen-bond donors (Lipinski definition) is 1. The molecule has 5 nitrogen and oxygen atoms in total. The van der Waals surface area contributed by atoms with Crippen LogP contribution in [0.4, 0.5) is 17.6 Å². The zero-order chi connectivity index (χ0) is 18.7. The smallest absolute Gasteiger partial charge is 0.323 e. The Morgan fingerprint density at radius 2 is 1.62 bits per heavy atom. The molecule has 0 amide bonds. The number of carbonyl (C=O) groups excluding carboxylic acids is 2. The van der Waals surface area contributed by atoms with E-state index in [0.29, 0.717) is 0 Å². The van der Waals surface area contributed by atoms with Crippen LogP contribution in [-0.2, 0) is 14.3 Å². The lowest BCUT2D eigenvalue weighted by Gasteiger charge is -2.21. The van der Waals surface area contributed by atoms with Gasteiger partial charge in [0.1, 0.15) is 18.2 Å². The quantitative estimate of drug-likeness (QED) is 0.483.